The van der Waals surface area contributed by atoms with Gasteiger partial charge in [-0.15, -0.1) is 0 Å². The summed E-state index contributed by atoms with van der Waals surface area (Å²) in [6, 6.07) is 0.885. The van der Waals surface area contributed by atoms with Crippen LogP contribution < -0.4 is 5.32 Å². The van der Waals surface area contributed by atoms with E-state index < -0.39 is 0 Å². The summed E-state index contributed by atoms with van der Waals surface area (Å²) >= 11 is 0. The molecule has 1 saturated heterocycles. The molecule has 1 aliphatic carbocycles. The van der Waals surface area contributed by atoms with E-state index in [9.17, 15) is 0 Å². The third-order valence-electron chi connectivity index (χ3n) is 4.76. The van der Waals surface area contributed by atoms with E-state index in [0.29, 0.717) is 5.41 Å². The molecule has 2 heteroatoms. The van der Waals surface area contributed by atoms with Crippen molar-refractivity contribution in [1.29, 1.82) is 0 Å². The third kappa shape index (κ3) is 2.78. The van der Waals surface area contributed by atoms with Gasteiger partial charge in [0.1, 0.15) is 0 Å². The summed E-state index contributed by atoms with van der Waals surface area (Å²) in [6.07, 6.45) is 7.07. The highest BCUT2D eigenvalue weighted by Crippen LogP contribution is 2.34. The molecule has 2 nitrogen and oxygen atoms in total. The molecule has 1 unspecified atom stereocenters. The van der Waals surface area contributed by atoms with Crippen LogP contribution in [0.25, 0.3) is 0 Å². The van der Waals surface area contributed by atoms with Crippen LogP contribution in [0.15, 0.2) is 0 Å². The largest absolute Gasteiger partial charge is 0.316 e. The van der Waals surface area contributed by atoms with Crippen LogP contribution in [0.2, 0.25) is 0 Å². The first-order valence-electron chi connectivity index (χ1n) is 7.00. The molecule has 0 radical (unpaired) electrons. The molecule has 94 valence electrons. The van der Waals surface area contributed by atoms with Crippen molar-refractivity contribution in [3.8, 4) is 0 Å². The Morgan fingerprint density at radius 3 is 2.44 bits per heavy atom. The Morgan fingerprint density at radius 2 is 1.94 bits per heavy atom. The topological polar surface area (TPSA) is 15.3 Å². The van der Waals surface area contributed by atoms with E-state index >= 15 is 0 Å². The highest BCUT2D eigenvalue weighted by molar-refractivity contribution is 4.88. The molecule has 2 aliphatic rings. The van der Waals surface area contributed by atoms with Gasteiger partial charge >= 0.3 is 0 Å². The van der Waals surface area contributed by atoms with E-state index in [0.717, 1.165) is 12.0 Å². The van der Waals surface area contributed by atoms with Crippen LogP contribution in [-0.4, -0.2) is 37.6 Å². The molecule has 0 bridgehead atoms. The molecule has 1 N–H and O–H groups in total. The zero-order valence-electron chi connectivity index (χ0n) is 11.3. The Hall–Kier alpha value is -0.0800. The van der Waals surface area contributed by atoms with Gasteiger partial charge in [-0.2, -0.15) is 0 Å². The fourth-order valence-corrected chi connectivity index (χ4v) is 3.25. The second-order valence-electron chi connectivity index (χ2n) is 6.53. The zero-order chi connectivity index (χ0) is 11.6. The van der Waals surface area contributed by atoms with Gasteiger partial charge in [-0.05, 0) is 57.2 Å². The van der Waals surface area contributed by atoms with Crippen molar-refractivity contribution >= 4 is 0 Å². The minimum absolute atomic E-state index is 0.470. The first-order chi connectivity index (χ1) is 7.59. The van der Waals surface area contributed by atoms with Crippen LogP contribution in [0.3, 0.4) is 0 Å². The number of nitrogens with one attached hydrogen (secondary N) is 1. The van der Waals surface area contributed by atoms with Gasteiger partial charge in [0.05, 0.1) is 0 Å². The molecule has 2 rings (SSSR count). The maximum Gasteiger partial charge on any atom is 0.00924 e. The molecular weight excluding hydrogens is 196 g/mol. The molecule has 1 aliphatic heterocycles. The first kappa shape index (κ1) is 12.4. The number of piperidine rings is 1. The number of nitrogens with zero attached hydrogens (tertiary/aromatic N) is 1. The van der Waals surface area contributed by atoms with Crippen LogP contribution in [0.1, 0.15) is 46.0 Å². The van der Waals surface area contributed by atoms with Crippen LogP contribution in [-0.2, 0) is 0 Å². The summed E-state index contributed by atoms with van der Waals surface area (Å²) in [5, 5.41) is 3.55. The molecular formula is C14H28N2. The zero-order valence-corrected chi connectivity index (χ0v) is 11.3. The number of rotatable bonds is 4. The number of hydrogen-bond acceptors (Lipinski definition) is 2. The normalized spacial score (nSPS) is 28.1. The first-order valence-corrected chi connectivity index (χ1v) is 7.00. The quantitative estimate of drug-likeness (QED) is 0.789. The molecule has 0 aromatic heterocycles. The minimum atomic E-state index is 0.470. The predicted molar refractivity (Wildman–Crippen MR) is 69.6 cm³/mol. The lowest BCUT2D eigenvalue weighted by Crippen LogP contribution is -2.47. The van der Waals surface area contributed by atoms with Crippen LogP contribution in [0.5, 0.6) is 0 Å². The van der Waals surface area contributed by atoms with E-state index in [1.54, 1.807) is 0 Å². The lowest BCUT2D eigenvalue weighted by atomic mass is 9.74. The summed E-state index contributed by atoms with van der Waals surface area (Å²) in [7, 11) is 2.32. The summed E-state index contributed by atoms with van der Waals surface area (Å²) in [5.74, 6) is 0.865. The van der Waals surface area contributed by atoms with Crippen molar-refractivity contribution < 1.29 is 0 Å². The van der Waals surface area contributed by atoms with E-state index in [1.807, 2.05) is 0 Å². The van der Waals surface area contributed by atoms with E-state index in [4.69, 9.17) is 0 Å². The van der Waals surface area contributed by atoms with Crippen molar-refractivity contribution in [2.24, 2.45) is 11.3 Å². The molecule has 0 spiro atoms. The predicted octanol–water partition coefficient (Wildman–Crippen LogP) is 2.50. The Kier molecular flexibility index (Phi) is 3.91. The molecule has 16 heavy (non-hydrogen) atoms. The smallest absolute Gasteiger partial charge is 0.00924 e. The van der Waals surface area contributed by atoms with E-state index in [2.05, 4.69) is 31.1 Å². The van der Waals surface area contributed by atoms with Gasteiger partial charge in [-0.3, -0.25) is 0 Å². The molecule has 1 saturated carbocycles. The summed E-state index contributed by atoms with van der Waals surface area (Å²) in [5.41, 5.74) is 0.470. The van der Waals surface area contributed by atoms with Gasteiger partial charge in [-0.25, -0.2) is 0 Å². The maximum absolute atomic E-state index is 3.55. The van der Waals surface area contributed by atoms with Gasteiger partial charge in [-0.1, -0.05) is 20.3 Å². The monoisotopic (exact) mass is 224 g/mol. The lowest BCUT2D eigenvalue weighted by Gasteiger charge is -2.44. The lowest BCUT2D eigenvalue weighted by molar-refractivity contribution is 0.0658. The summed E-state index contributed by atoms with van der Waals surface area (Å²) in [6.45, 7) is 8.64. The molecule has 1 heterocycles. The average molecular weight is 224 g/mol. The Bertz CT molecular complexity index is 215. The van der Waals surface area contributed by atoms with Gasteiger partial charge in [0, 0.05) is 12.6 Å². The average Bonchev–Trinajstić information content (AvgIpc) is 2.15. The fraction of sp³-hybridized carbons (Fsp3) is 1.00. The molecule has 0 amide bonds. The molecule has 1 atom stereocenters. The second kappa shape index (κ2) is 5.05. The number of hydrogen-bond donors (Lipinski definition) is 1. The van der Waals surface area contributed by atoms with Gasteiger partial charge in [0.25, 0.3) is 0 Å². The van der Waals surface area contributed by atoms with Gasteiger partial charge < -0.3 is 10.2 Å². The summed E-state index contributed by atoms with van der Waals surface area (Å²) in [4.78, 5) is 2.61. The third-order valence-corrected chi connectivity index (χ3v) is 4.76. The summed E-state index contributed by atoms with van der Waals surface area (Å²) < 4.78 is 0. The Labute approximate surface area is 101 Å². The van der Waals surface area contributed by atoms with E-state index in [-0.39, 0.29) is 0 Å². The van der Waals surface area contributed by atoms with Crippen molar-refractivity contribution in [3.63, 3.8) is 0 Å². The van der Waals surface area contributed by atoms with Crippen LogP contribution in [0, 0.1) is 11.3 Å². The highest BCUT2D eigenvalue weighted by atomic mass is 15.1. The van der Waals surface area contributed by atoms with Crippen molar-refractivity contribution in [2.45, 2.75) is 52.0 Å². The van der Waals surface area contributed by atoms with Gasteiger partial charge in [0.15, 0.2) is 0 Å². The highest BCUT2D eigenvalue weighted by Gasteiger charge is 2.34. The molecule has 0 aromatic rings. The van der Waals surface area contributed by atoms with Crippen molar-refractivity contribution in [2.75, 3.05) is 26.7 Å². The van der Waals surface area contributed by atoms with Crippen molar-refractivity contribution in [1.82, 2.24) is 10.2 Å². The SMILES string of the molecule is CN(CC(C)(C)C1CCCNC1)C1CCC1. The Balaban J connectivity index is 1.84. The minimum Gasteiger partial charge on any atom is -0.316 e. The second-order valence-corrected chi connectivity index (χ2v) is 6.53. The molecule has 2 fully saturated rings. The van der Waals surface area contributed by atoms with Crippen LogP contribution in [0.4, 0.5) is 0 Å². The van der Waals surface area contributed by atoms with Gasteiger partial charge in [0.2, 0.25) is 0 Å². The maximum atomic E-state index is 3.55. The molecule has 0 aromatic carbocycles. The van der Waals surface area contributed by atoms with E-state index in [1.165, 1.54) is 51.7 Å². The standard InChI is InChI=1S/C14H28N2/c1-14(2,12-6-5-9-15-10-12)11-16(3)13-7-4-8-13/h12-13,15H,4-11H2,1-3H3. The Morgan fingerprint density at radius 1 is 1.19 bits per heavy atom. The van der Waals surface area contributed by atoms with Crippen LogP contribution >= 0.6 is 0 Å². The fourth-order valence-electron chi connectivity index (χ4n) is 3.25. The van der Waals surface area contributed by atoms with Crippen molar-refractivity contribution in [3.05, 3.63) is 0 Å².